The second kappa shape index (κ2) is 3.74. The molecule has 2 atom stereocenters. The molecule has 0 aromatic heterocycles. The number of ether oxygens (including phenoxy) is 2. The van der Waals surface area contributed by atoms with Gasteiger partial charge in [-0.3, -0.25) is 0 Å². The average molecular weight is 208 g/mol. The van der Waals surface area contributed by atoms with Gasteiger partial charge in [0.05, 0.1) is 19.3 Å². The van der Waals surface area contributed by atoms with Gasteiger partial charge in [0.25, 0.3) is 0 Å². The van der Waals surface area contributed by atoms with Crippen molar-refractivity contribution in [1.82, 2.24) is 0 Å². The van der Waals surface area contributed by atoms with Crippen molar-refractivity contribution in [3.8, 4) is 11.5 Å². The topological polar surface area (TPSA) is 38.7 Å². The van der Waals surface area contributed by atoms with Crippen LogP contribution in [0, 0.1) is 0 Å². The molecule has 1 aliphatic heterocycles. The fourth-order valence-corrected chi connectivity index (χ4v) is 2.15. The van der Waals surface area contributed by atoms with Crippen LogP contribution in [0.5, 0.6) is 11.5 Å². The molecule has 0 unspecified atom stereocenters. The molecule has 3 nitrogen and oxygen atoms in total. The first kappa shape index (κ1) is 10.3. The molecular weight excluding hydrogens is 192 g/mol. The lowest BCUT2D eigenvalue weighted by atomic mass is 9.99. The van der Waals surface area contributed by atoms with Gasteiger partial charge in [-0.15, -0.1) is 0 Å². The summed E-state index contributed by atoms with van der Waals surface area (Å²) in [5.41, 5.74) is 1.96. The highest BCUT2D eigenvalue weighted by Crippen LogP contribution is 2.48. The van der Waals surface area contributed by atoms with E-state index >= 15 is 0 Å². The van der Waals surface area contributed by atoms with E-state index in [0.29, 0.717) is 5.75 Å². The number of methoxy groups -OCH3 is 1. The SMILES string of the molecule is CC[C@H]1O[C@@H](C)c2ccc(OC)c(O)c21. The molecule has 15 heavy (non-hydrogen) atoms. The molecule has 0 saturated heterocycles. The summed E-state index contributed by atoms with van der Waals surface area (Å²) in [6.45, 7) is 4.05. The van der Waals surface area contributed by atoms with E-state index in [0.717, 1.165) is 17.5 Å². The van der Waals surface area contributed by atoms with Crippen molar-refractivity contribution in [2.45, 2.75) is 32.5 Å². The van der Waals surface area contributed by atoms with Gasteiger partial charge in [-0.1, -0.05) is 13.0 Å². The van der Waals surface area contributed by atoms with Gasteiger partial charge in [-0.05, 0) is 25.0 Å². The molecule has 0 amide bonds. The molecular formula is C12H16O3. The Hall–Kier alpha value is -1.22. The molecule has 1 heterocycles. The quantitative estimate of drug-likeness (QED) is 0.812. The summed E-state index contributed by atoms with van der Waals surface area (Å²) in [6.07, 6.45) is 0.907. The smallest absolute Gasteiger partial charge is 0.163 e. The van der Waals surface area contributed by atoms with Crippen molar-refractivity contribution in [2.24, 2.45) is 0 Å². The van der Waals surface area contributed by atoms with Gasteiger partial charge in [0, 0.05) is 5.56 Å². The fraction of sp³-hybridized carbons (Fsp3) is 0.500. The minimum absolute atomic E-state index is 0.00917. The number of phenols is 1. The number of hydrogen-bond donors (Lipinski definition) is 1. The normalized spacial score (nSPS) is 23.9. The summed E-state index contributed by atoms with van der Waals surface area (Å²) >= 11 is 0. The summed E-state index contributed by atoms with van der Waals surface area (Å²) in [6, 6.07) is 3.75. The Kier molecular flexibility index (Phi) is 2.57. The van der Waals surface area contributed by atoms with Crippen molar-refractivity contribution in [3.05, 3.63) is 23.3 Å². The van der Waals surface area contributed by atoms with Crippen LogP contribution >= 0.6 is 0 Å². The predicted octanol–water partition coefficient (Wildman–Crippen LogP) is 2.94. The Morgan fingerprint density at radius 2 is 2.20 bits per heavy atom. The highest BCUT2D eigenvalue weighted by atomic mass is 16.5. The van der Waals surface area contributed by atoms with E-state index in [4.69, 9.17) is 9.47 Å². The fourth-order valence-electron chi connectivity index (χ4n) is 2.15. The Bertz CT molecular complexity index is 373. The van der Waals surface area contributed by atoms with Crippen LogP contribution in [0.1, 0.15) is 43.6 Å². The van der Waals surface area contributed by atoms with Crippen LogP contribution in [0.15, 0.2) is 12.1 Å². The molecule has 1 aromatic carbocycles. The molecule has 1 aliphatic rings. The third kappa shape index (κ3) is 1.47. The highest BCUT2D eigenvalue weighted by molar-refractivity contribution is 5.53. The maximum atomic E-state index is 10.0. The third-order valence-electron chi connectivity index (χ3n) is 2.93. The Balaban J connectivity index is 2.55. The number of rotatable bonds is 2. The van der Waals surface area contributed by atoms with Gasteiger partial charge in [-0.25, -0.2) is 0 Å². The zero-order valence-corrected chi connectivity index (χ0v) is 9.28. The minimum Gasteiger partial charge on any atom is -0.504 e. The molecule has 0 saturated carbocycles. The van der Waals surface area contributed by atoms with E-state index in [1.807, 2.05) is 19.9 Å². The van der Waals surface area contributed by atoms with Crippen LogP contribution in [-0.2, 0) is 4.74 Å². The third-order valence-corrected chi connectivity index (χ3v) is 2.93. The van der Waals surface area contributed by atoms with Crippen molar-refractivity contribution < 1.29 is 14.6 Å². The molecule has 0 spiro atoms. The largest absolute Gasteiger partial charge is 0.504 e. The van der Waals surface area contributed by atoms with Crippen molar-refractivity contribution in [1.29, 1.82) is 0 Å². The second-order valence-electron chi connectivity index (χ2n) is 3.79. The summed E-state index contributed by atoms with van der Waals surface area (Å²) in [7, 11) is 1.56. The minimum atomic E-state index is -0.00917. The van der Waals surface area contributed by atoms with Gasteiger partial charge in [0.15, 0.2) is 11.5 Å². The average Bonchev–Trinajstić information content (AvgIpc) is 2.57. The maximum absolute atomic E-state index is 10.0. The molecule has 1 N–H and O–H groups in total. The molecule has 0 fully saturated rings. The summed E-state index contributed by atoms with van der Waals surface area (Å²) < 4.78 is 10.8. The zero-order chi connectivity index (χ0) is 11.0. The van der Waals surface area contributed by atoms with Crippen LogP contribution in [0.4, 0.5) is 0 Å². The first-order valence-corrected chi connectivity index (χ1v) is 5.24. The van der Waals surface area contributed by atoms with Gasteiger partial charge >= 0.3 is 0 Å². The van der Waals surface area contributed by atoms with E-state index < -0.39 is 0 Å². The molecule has 1 aromatic rings. The van der Waals surface area contributed by atoms with Crippen molar-refractivity contribution in [2.75, 3.05) is 7.11 Å². The highest BCUT2D eigenvalue weighted by Gasteiger charge is 2.31. The van der Waals surface area contributed by atoms with Crippen molar-refractivity contribution >= 4 is 0 Å². The summed E-state index contributed by atoms with van der Waals surface area (Å²) in [4.78, 5) is 0. The van der Waals surface area contributed by atoms with Gasteiger partial charge in [0.1, 0.15) is 0 Å². The lowest BCUT2D eigenvalue weighted by molar-refractivity contribution is 0.0192. The Morgan fingerprint density at radius 3 is 2.80 bits per heavy atom. The molecule has 82 valence electrons. The van der Waals surface area contributed by atoms with Gasteiger partial charge in [-0.2, -0.15) is 0 Å². The van der Waals surface area contributed by atoms with Crippen LogP contribution in [0.3, 0.4) is 0 Å². The monoisotopic (exact) mass is 208 g/mol. The number of aromatic hydroxyl groups is 1. The van der Waals surface area contributed by atoms with Crippen LogP contribution in [-0.4, -0.2) is 12.2 Å². The molecule has 0 aliphatic carbocycles. The number of benzene rings is 1. The van der Waals surface area contributed by atoms with E-state index in [2.05, 4.69) is 0 Å². The first-order valence-electron chi connectivity index (χ1n) is 5.24. The lowest BCUT2D eigenvalue weighted by Crippen LogP contribution is -1.95. The van der Waals surface area contributed by atoms with E-state index in [9.17, 15) is 5.11 Å². The number of fused-ring (bicyclic) bond motifs is 1. The molecule has 3 heteroatoms. The standard InChI is InChI=1S/C12H16O3/c1-4-9-11-8(7(2)15-9)5-6-10(14-3)12(11)13/h5-7,9,13H,4H2,1-3H3/t7-,9+/m0/s1. The summed E-state index contributed by atoms with van der Waals surface area (Å²) in [5.74, 6) is 0.746. The van der Waals surface area contributed by atoms with Gasteiger partial charge < -0.3 is 14.6 Å². The summed E-state index contributed by atoms with van der Waals surface area (Å²) in [5, 5.41) is 10.0. The van der Waals surface area contributed by atoms with Gasteiger partial charge in [0.2, 0.25) is 0 Å². The first-order chi connectivity index (χ1) is 7.19. The maximum Gasteiger partial charge on any atom is 0.163 e. The number of phenolic OH excluding ortho intramolecular Hbond substituents is 1. The van der Waals surface area contributed by atoms with Crippen LogP contribution in [0.2, 0.25) is 0 Å². The predicted molar refractivity (Wildman–Crippen MR) is 57.2 cm³/mol. The molecule has 0 radical (unpaired) electrons. The number of hydrogen-bond acceptors (Lipinski definition) is 3. The van der Waals surface area contributed by atoms with E-state index in [-0.39, 0.29) is 18.0 Å². The van der Waals surface area contributed by atoms with E-state index in [1.165, 1.54) is 0 Å². The van der Waals surface area contributed by atoms with E-state index in [1.54, 1.807) is 13.2 Å². The Labute approximate surface area is 89.6 Å². The van der Waals surface area contributed by atoms with Crippen LogP contribution < -0.4 is 4.74 Å². The molecule has 2 rings (SSSR count). The van der Waals surface area contributed by atoms with Crippen molar-refractivity contribution in [3.63, 3.8) is 0 Å². The lowest BCUT2D eigenvalue weighted by Gasteiger charge is -2.11. The molecule has 0 bridgehead atoms. The van der Waals surface area contributed by atoms with Crippen LogP contribution in [0.25, 0.3) is 0 Å². The second-order valence-corrected chi connectivity index (χ2v) is 3.79. The Morgan fingerprint density at radius 1 is 1.47 bits per heavy atom. The zero-order valence-electron chi connectivity index (χ0n) is 9.28.